The highest BCUT2D eigenvalue weighted by atomic mass is 16.5. The van der Waals surface area contributed by atoms with Crippen molar-refractivity contribution < 1.29 is 28.5 Å². The molecule has 0 radical (unpaired) electrons. The Morgan fingerprint density at radius 2 is 1.63 bits per heavy atom. The lowest BCUT2D eigenvalue weighted by Gasteiger charge is -2.24. The van der Waals surface area contributed by atoms with Crippen molar-refractivity contribution in [3.8, 4) is 5.75 Å². The van der Waals surface area contributed by atoms with E-state index in [1.165, 1.54) is 7.11 Å². The van der Waals surface area contributed by atoms with E-state index in [-0.39, 0.29) is 25.4 Å². The maximum absolute atomic E-state index is 12.7. The fraction of sp³-hybridized carbons (Fsp3) is 0.333. The van der Waals surface area contributed by atoms with Crippen LogP contribution in [0, 0.1) is 5.92 Å². The van der Waals surface area contributed by atoms with Gasteiger partial charge in [-0.1, -0.05) is 48.5 Å². The molecule has 0 amide bonds. The average Bonchev–Trinajstić information content (AvgIpc) is 2.78. The van der Waals surface area contributed by atoms with Gasteiger partial charge in [-0.15, -0.1) is 6.58 Å². The van der Waals surface area contributed by atoms with Crippen LogP contribution >= 0.6 is 0 Å². The molecule has 0 heterocycles. The van der Waals surface area contributed by atoms with Crippen LogP contribution in [0.15, 0.2) is 67.3 Å². The second-order valence-electron chi connectivity index (χ2n) is 6.70. The van der Waals surface area contributed by atoms with Gasteiger partial charge in [0.15, 0.2) is 5.78 Å². The van der Waals surface area contributed by atoms with E-state index in [1.54, 1.807) is 13.2 Å². The van der Waals surface area contributed by atoms with Crippen LogP contribution in [0.2, 0.25) is 0 Å². The minimum absolute atomic E-state index is 0.199. The molecule has 0 saturated carbocycles. The minimum Gasteiger partial charge on any atom is -0.497 e. The van der Waals surface area contributed by atoms with Gasteiger partial charge in [-0.3, -0.25) is 9.59 Å². The largest absolute Gasteiger partial charge is 0.497 e. The number of methoxy groups -OCH3 is 2. The van der Waals surface area contributed by atoms with Gasteiger partial charge in [-0.2, -0.15) is 0 Å². The van der Waals surface area contributed by atoms with E-state index < -0.39 is 18.0 Å². The Labute approximate surface area is 177 Å². The Bertz CT molecular complexity index is 800. The van der Waals surface area contributed by atoms with Crippen LogP contribution in [0.3, 0.4) is 0 Å². The number of esters is 1. The van der Waals surface area contributed by atoms with Crippen molar-refractivity contribution in [3.05, 3.63) is 78.4 Å². The molecule has 0 N–H and O–H groups in total. The number of carbonyl (C=O) groups excluding carboxylic acids is 2. The predicted octanol–water partition coefficient (Wildman–Crippen LogP) is 3.73. The molecule has 0 saturated heterocycles. The number of carbonyl (C=O) groups is 2. The lowest BCUT2D eigenvalue weighted by atomic mass is 9.97. The molecule has 0 unspecified atom stereocenters. The molecule has 0 aliphatic carbocycles. The van der Waals surface area contributed by atoms with E-state index >= 15 is 0 Å². The summed E-state index contributed by atoms with van der Waals surface area (Å²) in [4.78, 5) is 24.3. The standard InChI is InChI=1S/C24H28O6/c1-4-20(17-29-15-18-8-6-5-7-9-18)24(22(25)14-23(26)28-3)30-16-19-10-12-21(27-2)13-11-19/h4-13,20,24H,1,14-17H2,2-3H3/t20-,24-/m1/s1. The highest BCUT2D eigenvalue weighted by molar-refractivity contribution is 5.98. The zero-order valence-electron chi connectivity index (χ0n) is 17.4. The van der Waals surface area contributed by atoms with Crippen molar-refractivity contribution in [1.82, 2.24) is 0 Å². The molecule has 30 heavy (non-hydrogen) atoms. The summed E-state index contributed by atoms with van der Waals surface area (Å²) in [6.07, 6.45) is 0.380. The van der Waals surface area contributed by atoms with Crippen LogP contribution in [0.25, 0.3) is 0 Å². The summed E-state index contributed by atoms with van der Waals surface area (Å²) in [6.45, 7) is 4.66. The summed E-state index contributed by atoms with van der Waals surface area (Å²) in [5.41, 5.74) is 1.90. The first-order valence-corrected chi connectivity index (χ1v) is 9.65. The van der Waals surface area contributed by atoms with Crippen molar-refractivity contribution in [2.45, 2.75) is 25.7 Å². The average molecular weight is 412 g/mol. The topological polar surface area (TPSA) is 71.1 Å². The number of hydrogen-bond donors (Lipinski definition) is 0. The van der Waals surface area contributed by atoms with Crippen molar-refractivity contribution in [1.29, 1.82) is 0 Å². The molecule has 0 aromatic heterocycles. The molecule has 2 aromatic rings. The fourth-order valence-corrected chi connectivity index (χ4v) is 2.84. The summed E-state index contributed by atoms with van der Waals surface area (Å²) >= 11 is 0. The predicted molar refractivity (Wildman–Crippen MR) is 113 cm³/mol. The lowest BCUT2D eigenvalue weighted by molar-refractivity contribution is -0.148. The quantitative estimate of drug-likeness (QED) is 0.284. The number of hydrogen-bond acceptors (Lipinski definition) is 6. The van der Waals surface area contributed by atoms with Gasteiger partial charge in [-0.05, 0) is 23.3 Å². The zero-order valence-corrected chi connectivity index (χ0v) is 17.4. The summed E-state index contributed by atoms with van der Waals surface area (Å²) in [5.74, 6) is -0.658. The number of benzene rings is 2. The molecular formula is C24H28O6. The van der Waals surface area contributed by atoms with Gasteiger partial charge in [0.1, 0.15) is 18.3 Å². The van der Waals surface area contributed by atoms with Crippen molar-refractivity contribution >= 4 is 11.8 Å². The molecular weight excluding hydrogens is 384 g/mol. The van der Waals surface area contributed by atoms with E-state index in [9.17, 15) is 9.59 Å². The zero-order chi connectivity index (χ0) is 21.8. The third kappa shape index (κ3) is 7.46. The first kappa shape index (κ1) is 23.3. The summed E-state index contributed by atoms with van der Waals surface area (Å²) in [7, 11) is 2.84. The van der Waals surface area contributed by atoms with E-state index in [4.69, 9.17) is 14.2 Å². The van der Waals surface area contributed by atoms with Crippen LogP contribution < -0.4 is 4.74 Å². The Balaban J connectivity index is 2.03. The van der Waals surface area contributed by atoms with Gasteiger partial charge in [0.05, 0.1) is 34.0 Å². The number of rotatable bonds is 13. The van der Waals surface area contributed by atoms with Crippen LogP contribution in [0.4, 0.5) is 0 Å². The van der Waals surface area contributed by atoms with E-state index in [1.807, 2.05) is 54.6 Å². The number of ketones is 1. The van der Waals surface area contributed by atoms with Gasteiger partial charge in [0, 0.05) is 5.92 Å². The van der Waals surface area contributed by atoms with Gasteiger partial charge in [-0.25, -0.2) is 0 Å². The van der Waals surface area contributed by atoms with Crippen LogP contribution in [-0.4, -0.2) is 38.7 Å². The molecule has 2 aromatic carbocycles. The Hall–Kier alpha value is -2.96. The third-order valence-corrected chi connectivity index (χ3v) is 4.57. The van der Waals surface area contributed by atoms with Crippen molar-refractivity contribution in [3.63, 3.8) is 0 Å². The first-order chi connectivity index (χ1) is 14.6. The first-order valence-electron chi connectivity index (χ1n) is 9.65. The highest BCUT2D eigenvalue weighted by Gasteiger charge is 2.29. The Morgan fingerprint density at radius 1 is 0.967 bits per heavy atom. The SMILES string of the molecule is C=C[C@H](COCc1ccccc1)[C@@H](OCc1ccc(OC)cc1)C(=O)CC(=O)OC. The summed E-state index contributed by atoms with van der Waals surface area (Å²) in [5, 5.41) is 0. The monoisotopic (exact) mass is 412 g/mol. The second-order valence-corrected chi connectivity index (χ2v) is 6.70. The molecule has 2 rings (SSSR count). The molecule has 6 heteroatoms. The van der Waals surface area contributed by atoms with Gasteiger partial charge >= 0.3 is 5.97 Å². The molecule has 0 spiro atoms. The van der Waals surface area contributed by atoms with Gasteiger partial charge in [0.25, 0.3) is 0 Å². The highest BCUT2D eigenvalue weighted by Crippen LogP contribution is 2.18. The minimum atomic E-state index is -0.875. The smallest absolute Gasteiger partial charge is 0.313 e. The van der Waals surface area contributed by atoms with Crippen molar-refractivity contribution in [2.75, 3.05) is 20.8 Å². The lowest BCUT2D eigenvalue weighted by Crippen LogP contribution is -2.35. The maximum Gasteiger partial charge on any atom is 0.313 e. The van der Waals surface area contributed by atoms with E-state index in [0.29, 0.717) is 6.61 Å². The second kappa shape index (κ2) is 12.6. The van der Waals surface area contributed by atoms with E-state index in [2.05, 4.69) is 11.3 Å². The van der Waals surface area contributed by atoms with Gasteiger partial charge in [0.2, 0.25) is 0 Å². The normalized spacial score (nSPS) is 12.6. The summed E-state index contributed by atoms with van der Waals surface area (Å²) < 4.78 is 21.5. The van der Waals surface area contributed by atoms with Crippen LogP contribution in [0.1, 0.15) is 17.5 Å². The maximum atomic E-state index is 12.7. The van der Waals surface area contributed by atoms with Gasteiger partial charge < -0.3 is 18.9 Å². The third-order valence-electron chi connectivity index (χ3n) is 4.57. The number of ether oxygens (including phenoxy) is 4. The molecule has 0 aliphatic heterocycles. The van der Waals surface area contributed by atoms with Crippen LogP contribution in [-0.2, 0) is 37.0 Å². The van der Waals surface area contributed by atoms with Crippen LogP contribution in [0.5, 0.6) is 5.75 Å². The molecule has 0 aliphatic rings. The molecule has 160 valence electrons. The van der Waals surface area contributed by atoms with Crippen molar-refractivity contribution in [2.24, 2.45) is 5.92 Å². The molecule has 6 nitrogen and oxygen atoms in total. The Kier molecular flexibility index (Phi) is 9.77. The number of Topliss-reactive ketones (excluding diaryl/α,β-unsaturated/α-hetero) is 1. The summed E-state index contributed by atoms with van der Waals surface area (Å²) in [6, 6.07) is 17.1. The molecule has 0 fully saturated rings. The molecule has 2 atom stereocenters. The molecule has 0 bridgehead atoms. The van der Waals surface area contributed by atoms with E-state index in [0.717, 1.165) is 16.9 Å². The fourth-order valence-electron chi connectivity index (χ4n) is 2.84. The Morgan fingerprint density at radius 3 is 2.23 bits per heavy atom.